The second-order valence-corrected chi connectivity index (χ2v) is 20.3. The summed E-state index contributed by atoms with van der Waals surface area (Å²) in [7, 11) is 0. The van der Waals surface area contributed by atoms with Gasteiger partial charge < -0.3 is 14.7 Å². The Morgan fingerprint density at radius 2 is 0.937 bits per heavy atom. The van der Waals surface area contributed by atoms with Crippen molar-refractivity contribution in [3.05, 3.63) is 204 Å². The summed E-state index contributed by atoms with van der Waals surface area (Å²) >= 11 is 0. The van der Waals surface area contributed by atoms with Gasteiger partial charge in [0, 0.05) is 56.6 Å². The van der Waals surface area contributed by atoms with Gasteiger partial charge in [0.15, 0.2) is 0 Å². The van der Waals surface area contributed by atoms with Crippen LogP contribution in [-0.2, 0) is 16.2 Å². The molecule has 3 aliphatic rings. The number of fused-ring (bicyclic) bond motifs is 7. The first kappa shape index (κ1) is 39.1. The fraction of sp³-hybridized carbons (Fsp3) is 0.186. The highest BCUT2D eigenvalue weighted by Gasteiger charge is 2.46. The maximum absolute atomic E-state index is 2.60. The first-order valence-electron chi connectivity index (χ1n) is 22.6. The van der Waals surface area contributed by atoms with Crippen LogP contribution >= 0.6 is 0 Å². The Labute approximate surface area is 374 Å². The minimum atomic E-state index is -0.252. The van der Waals surface area contributed by atoms with Crippen LogP contribution in [0.1, 0.15) is 77.6 Å². The third-order valence-electron chi connectivity index (χ3n) is 13.9. The van der Waals surface area contributed by atoms with Gasteiger partial charge in [-0.1, -0.05) is 152 Å². The van der Waals surface area contributed by atoms with E-state index in [1.54, 1.807) is 0 Å². The number of benzene rings is 8. The number of rotatable bonds is 5. The monoisotopic (exact) mass is 815 g/mol. The molecule has 2 heterocycles. The van der Waals surface area contributed by atoms with Crippen molar-refractivity contribution in [2.75, 3.05) is 14.7 Å². The average molecular weight is 816 g/mol. The zero-order valence-corrected chi connectivity index (χ0v) is 37.7. The maximum Gasteiger partial charge on any atom is 0.252 e. The zero-order chi connectivity index (χ0) is 43.4. The van der Waals surface area contributed by atoms with Gasteiger partial charge in [-0.25, -0.2) is 0 Å². The largest absolute Gasteiger partial charge is 0.311 e. The van der Waals surface area contributed by atoms with E-state index in [1.165, 1.54) is 78.2 Å². The fourth-order valence-corrected chi connectivity index (χ4v) is 10.6. The highest BCUT2D eigenvalue weighted by molar-refractivity contribution is 7.00. The average Bonchev–Trinajstić information content (AvgIpc) is 3.50. The molecule has 0 spiro atoms. The molecule has 0 saturated heterocycles. The zero-order valence-electron chi connectivity index (χ0n) is 37.7. The van der Waals surface area contributed by atoms with E-state index in [1.807, 2.05) is 0 Å². The molecule has 8 aromatic carbocycles. The fourth-order valence-electron chi connectivity index (χ4n) is 10.6. The molecule has 0 atom stereocenters. The summed E-state index contributed by atoms with van der Waals surface area (Å²) in [6.07, 6.45) is 0. The molecule has 0 amide bonds. The minimum absolute atomic E-state index is 0.0196. The van der Waals surface area contributed by atoms with Crippen LogP contribution in [0.15, 0.2) is 182 Å². The molecule has 1 aliphatic carbocycles. The number of hydrogen-bond donors (Lipinski definition) is 0. The molecule has 2 aliphatic heterocycles. The lowest BCUT2D eigenvalue weighted by Crippen LogP contribution is -2.61. The SMILES string of the molecule is CC(C)(C)c1ccc(N2c3ccc(C(C)(C)C)cc3B3c4cc5c(cc4N(c4ccccc4)c4cccc2c43)-c2ccc(N(c3ccccc3)c3ccccc3)cc2C5(C)C)cc1. The lowest BCUT2D eigenvalue weighted by atomic mass is 9.33. The van der Waals surface area contributed by atoms with Crippen molar-refractivity contribution in [3.8, 4) is 11.1 Å². The smallest absolute Gasteiger partial charge is 0.252 e. The third-order valence-corrected chi connectivity index (χ3v) is 13.9. The molecule has 0 fully saturated rings. The van der Waals surface area contributed by atoms with Crippen molar-refractivity contribution in [2.24, 2.45) is 0 Å². The van der Waals surface area contributed by atoms with Crippen molar-refractivity contribution in [3.63, 3.8) is 0 Å². The lowest BCUT2D eigenvalue weighted by molar-refractivity contribution is 0.590. The summed E-state index contributed by atoms with van der Waals surface area (Å²) in [4.78, 5) is 7.45. The van der Waals surface area contributed by atoms with E-state index in [4.69, 9.17) is 0 Å². The van der Waals surface area contributed by atoms with Crippen molar-refractivity contribution in [1.29, 1.82) is 0 Å². The highest BCUT2D eigenvalue weighted by Crippen LogP contribution is 2.53. The van der Waals surface area contributed by atoms with Crippen molar-refractivity contribution in [2.45, 2.75) is 71.6 Å². The van der Waals surface area contributed by atoms with E-state index < -0.39 is 0 Å². The molecule has 3 nitrogen and oxygen atoms in total. The van der Waals surface area contributed by atoms with E-state index in [-0.39, 0.29) is 23.0 Å². The van der Waals surface area contributed by atoms with Crippen molar-refractivity contribution >= 4 is 74.3 Å². The van der Waals surface area contributed by atoms with Gasteiger partial charge in [0.25, 0.3) is 6.71 Å². The van der Waals surface area contributed by atoms with Gasteiger partial charge in [0.1, 0.15) is 0 Å². The molecular formula is C59H54BN3. The number of hydrogen-bond acceptors (Lipinski definition) is 3. The second-order valence-electron chi connectivity index (χ2n) is 20.3. The molecule has 0 radical (unpaired) electrons. The van der Waals surface area contributed by atoms with E-state index >= 15 is 0 Å². The highest BCUT2D eigenvalue weighted by atomic mass is 15.2. The Bertz CT molecular complexity index is 3010. The Morgan fingerprint density at radius 3 is 1.54 bits per heavy atom. The molecule has 308 valence electrons. The topological polar surface area (TPSA) is 9.72 Å². The van der Waals surface area contributed by atoms with Gasteiger partial charge in [-0.15, -0.1) is 0 Å². The van der Waals surface area contributed by atoms with Crippen LogP contribution in [0.2, 0.25) is 0 Å². The van der Waals surface area contributed by atoms with E-state index in [0.29, 0.717) is 0 Å². The standard InChI is InChI=1S/C59H54BN3/c1-57(2,3)39-27-30-44(31-28-39)62-52-34-29-40(58(4,5)6)35-50(52)60-51-38-49-47(37-55(51)63(43-23-16-11-17-24-43)54-26-18-25-53(62)56(54)60)46-33-32-45(36-48(46)59(49,7)8)61(41-19-12-9-13-20-41)42-21-14-10-15-22-42/h9-38H,1-8H3. The molecule has 11 rings (SSSR count). The summed E-state index contributed by atoms with van der Waals surface area (Å²) in [5, 5.41) is 0. The number of anilines is 9. The Kier molecular flexibility index (Phi) is 8.77. The minimum Gasteiger partial charge on any atom is -0.311 e. The molecule has 0 aromatic heterocycles. The molecule has 63 heavy (non-hydrogen) atoms. The van der Waals surface area contributed by atoms with Crippen LogP contribution in [0.3, 0.4) is 0 Å². The summed E-state index contributed by atoms with van der Waals surface area (Å²) in [6, 6.07) is 68.3. The molecule has 4 heteroatoms. The van der Waals surface area contributed by atoms with Crippen molar-refractivity contribution in [1.82, 2.24) is 0 Å². The maximum atomic E-state index is 2.60. The predicted octanol–water partition coefficient (Wildman–Crippen LogP) is 14.1. The first-order chi connectivity index (χ1) is 30.3. The summed E-state index contributed by atoms with van der Waals surface area (Å²) in [6.45, 7) is 18.8. The quantitative estimate of drug-likeness (QED) is 0.160. The van der Waals surface area contributed by atoms with Gasteiger partial charge in [0.05, 0.1) is 0 Å². The second kappa shape index (κ2) is 14.1. The summed E-state index contributed by atoms with van der Waals surface area (Å²) < 4.78 is 0. The van der Waals surface area contributed by atoms with Gasteiger partial charge in [-0.05, 0) is 146 Å². The molecular weight excluding hydrogens is 761 g/mol. The Hall–Kier alpha value is -6.78. The predicted molar refractivity (Wildman–Crippen MR) is 270 cm³/mol. The van der Waals surface area contributed by atoms with Crippen LogP contribution in [-0.4, -0.2) is 6.71 Å². The Morgan fingerprint density at radius 1 is 0.413 bits per heavy atom. The van der Waals surface area contributed by atoms with E-state index in [0.717, 1.165) is 22.7 Å². The number of nitrogens with zero attached hydrogens (tertiary/aromatic N) is 3. The number of para-hydroxylation sites is 3. The van der Waals surface area contributed by atoms with E-state index in [2.05, 4.69) is 252 Å². The molecule has 0 bridgehead atoms. The van der Waals surface area contributed by atoms with Crippen molar-refractivity contribution < 1.29 is 0 Å². The summed E-state index contributed by atoms with van der Waals surface area (Å²) in [5.41, 5.74) is 22.6. The van der Waals surface area contributed by atoms with Gasteiger partial charge in [-0.3, -0.25) is 0 Å². The molecule has 0 N–H and O–H groups in total. The first-order valence-corrected chi connectivity index (χ1v) is 22.6. The molecule has 0 unspecified atom stereocenters. The van der Waals surface area contributed by atoms with Gasteiger partial charge in [0.2, 0.25) is 0 Å². The lowest BCUT2D eigenvalue weighted by Gasteiger charge is -2.45. The van der Waals surface area contributed by atoms with Crippen LogP contribution in [0.4, 0.5) is 51.2 Å². The van der Waals surface area contributed by atoms with Crippen LogP contribution < -0.4 is 31.1 Å². The summed E-state index contributed by atoms with van der Waals surface area (Å²) in [5.74, 6) is 0. The molecule has 8 aromatic rings. The van der Waals surface area contributed by atoms with Gasteiger partial charge >= 0.3 is 0 Å². The van der Waals surface area contributed by atoms with E-state index in [9.17, 15) is 0 Å². The van der Waals surface area contributed by atoms with Crippen LogP contribution in [0, 0.1) is 0 Å². The Balaban J connectivity index is 1.15. The normalized spacial score (nSPS) is 14.4. The third kappa shape index (κ3) is 6.17. The molecule has 0 saturated carbocycles. The van der Waals surface area contributed by atoms with Crippen LogP contribution in [0.25, 0.3) is 11.1 Å². The van der Waals surface area contributed by atoms with Gasteiger partial charge in [-0.2, -0.15) is 0 Å². The van der Waals surface area contributed by atoms with Crippen LogP contribution in [0.5, 0.6) is 0 Å².